The van der Waals surface area contributed by atoms with Crippen LogP contribution in [0.15, 0.2) is 24.3 Å². The number of benzene rings is 1. The summed E-state index contributed by atoms with van der Waals surface area (Å²) in [5.41, 5.74) is 1.32. The molecule has 0 radical (unpaired) electrons. The van der Waals surface area contributed by atoms with Crippen LogP contribution >= 0.6 is 11.3 Å². The van der Waals surface area contributed by atoms with Gasteiger partial charge in [-0.2, -0.15) is 0 Å². The highest BCUT2D eigenvalue weighted by atomic mass is 32.1. The molecule has 0 amide bonds. The van der Waals surface area contributed by atoms with Gasteiger partial charge in [0, 0.05) is 25.2 Å². The maximum Gasteiger partial charge on any atom is 0.111 e. The van der Waals surface area contributed by atoms with Crippen molar-refractivity contribution in [1.82, 2.24) is 15.2 Å². The Morgan fingerprint density at radius 2 is 2.16 bits per heavy atom. The van der Waals surface area contributed by atoms with Crippen molar-refractivity contribution < 1.29 is 0 Å². The van der Waals surface area contributed by atoms with E-state index < -0.39 is 0 Å². The van der Waals surface area contributed by atoms with E-state index in [-0.39, 0.29) is 5.54 Å². The average Bonchev–Trinajstić information content (AvgIpc) is 2.81. The van der Waals surface area contributed by atoms with Gasteiger partial charge < -0.3 is 5.32 Å². The summed E-state index contributed by atoms with van der Waals surface area (Å²) in [6.45, 7) is 10.1. The van der Waals surface area contributed by atoms with Gasteiger partial charge in [-0.15, -0.1) is 11.3 Å². The van der Waals surface area contributed by atoms with Crippen molar-refractivity contribution in [2.75, 3.05) is 19.6 Å². The summed E-state index contributed by atoms with van der Waals surface area (Å²) in [6, 6.07) is 8.79. The second-order valence-corrected chi connectivity index (χ2v) is 6.94. The van der Waals surface area contributed by atoms with Gasteiger partial charge >= 0.3 is 0 Å². The molecule has 0 bridgehead atoms. The predicted octanol–water partition coefficient (Wildman–Crippen LogP) is 3.04. The second-order valence-electron chi connectivity index (χ2n) is 5.88. The minimum Gasteiger partial charge on any atom is -0.314 e. The predicted molar refractivity (Wildman–Crippen MR) is 81.7 cm³/mol. The molecule has 0 saturated carbocycles. The zero-order valence-corrected chi connectivity index (χ0v) is 12.6. The largest absolute Gasteiger partial charge is 0.314 e. The van der Waals surface area contributed by atoms with Crippen molar-refractivity contribution in [3.8, 4) is 0 Å². The Labute approximate surface area is 118 Å². The van der Waals surface area contributed by atoms with E-state index >= 15 is 0 Å². The number of hydrogen-bond donors (Lipinski definition) is 1. The maximum atomic E-state index is 4.81. The molecule has 2 aromatic rings. The lowest BCUT2D eigenvalue weighted by Gasteiger charge is -2.45. The summed E-state index contributed by atoms with van der Waals surface area (Å²) >= 11 is 1.83. The van der Waals surface area contributed by atoms with Gasteiger partial charge in [0.15, 0.2) is 0 Å². The van der Waals surface area contributed by atoms with Gasteiger partial charge in [0.25, 0.3) is 0 Å². The number of fused-ring (bicyclic) bond motifs is 1. The first kappa shape index (κ1) is 13.0. The Hall–Kier alpha value is -0.970. The highest BCUT2D eigenvalue weighted by Crippen LogP contribution is 2.33. The summed E-state index contributed by atoms with van der Waals surface area (Å²) in [5, 5.41) is 4.71. The molecule has 1 aliphatic rings. The fourth-order valence-corrected chi connectivity index (χ4v) is 3.95. The number of rotatable bonds is 2. The van der Waals surface area contributed by atoms with Crippen molar-refractivity contribution in [3.63, 3.8) is 0 Å². The number of nitrogens with one attached hydrogen (secondary N) is 1. The Morgan fingerprint density at radius 3 is 2.89 bits per heavy atom. The third-order valence-corrected chi connectivity index (χ3v) is 5.21. The minimum absolute atomic E-state index is 0.190. The van der Waals surface area contributed by atoms with Gasteiger partial charge in [-0.05, 0) is 32.9 Å². The van der Waals surface area contributed by atoms with Gasteiger partial charge in [-0.3, -0.25) is 4.90 Å². The molecule has 1 aliphatic heterocycles. The number of aromatic nitrogens is 1. The lowest BCUT2D eigenvalue weighted by atomic mass is 9.98. The summed E-state index contributed by atoms with van der Waals surface area (Å²) in [7, 11) is 0. The van der Waals surface area contributed by atoms with Crippen LogP contribution in [0, 0.1) is 0 Å². The van der Waals surface area contributed by atoms with Crippen LogP contribution in [0.2, 0.25) is 0 Å². The van der Waals surface area contributed by atoms with Crippen LogP contribution in [0.25, 0.3) is 10.2 Å². The summed E-state index contributed by atoms with van der Waals surface area (Å²) in [5.74, 6) is 0. The van der Waals surface area contributed by atoms with Crippen molar-refractivity contribution in [1.29, 1.82) is 0 Å². The average molecular weight is 275 g/mol. The van der Waals surface area contributed by atoms with Gasteiger partial charge in [-0.1, -0.05) is 12.1 Å². The minimum atomic E-state index is 0.190. The van der Waals surface area contributed by atoms with E-state index in [1.54, 1.807) is 0 Å². The normalized spacial score (nSPS) is 21.6. The number of piperazine rings is 1. The molecular weight excluding hydrogens is 254 g/mol. The first-order chi connectivity index (χ1) is 9.08. The number of hydrogen-bond acceptors (Lipinski definition) is 4. The van der Waals surface area contributed by atoms with E-state index in [0.717, 1.165) is 25.2 Å². The molecule has 102 valence electrons. The summed E-state index contributed by atoms with van der Waals surface area (Å²) < 4.78 is 1.29. The van der Waals surface area contributed by atoms with E-state index in [9.17, 15) is 0 Å². The molecule has 0 aliphatic carbocycles. The van der Waals surface area contributed by atoms with Crippen LogP contribution in [0.5, 0.6) is 0 Å². The first-order valence-corrected chi connectivity index (χ1v) is 7.72. The van der Waals surface area contributed by atoms with Crippen LogP contribution in [0.3, 0.4) is 0 Å². The second kappa shape index (κ2) is 4.85. The Balaban J connectivity index is 1.92. The van der Waals surface area contributed by atoms with Crippen molar-refractivity contribution in [2.24, 2.45) is 0 Å². The molecule has 3 rings (SSSR count). The third-order valence-electron chi connectivity index (χ3n) is 4.00. The molecular formula is C15H21N3S. The van der Waals surface area contributed by atoms with Gasteiger partial charge in [0.1, 0.15) is 5.01 Å². The van der Waals surface area contributed by atoms with E-state index in [1.807, 2.05) is 11.3 Å². The van der Waals surface area contributed by atoms with Crippen LogP contribution in [0.1, 0.15) is 31.8 Å². The van der Waals surface area contributed by atoms with E-state index in [4.69, 9.17) is 4.98 Å². The summed E-state index contributed by atoms with van der Waals surface area (Å²) in [6.07, 6.45) is 0. The Kier molecular flexibility index (Phi) is 3.33. The monoisotopic (exact) mass is 275 g/mol. The number of para-hydroxylation sites is 1. The van der Waals surface area contributed by atoms with Gasteiger partial charge in [0.05, 0.1) is 16.3 Å². The molecule has 2 heterocycles. The van der Waals surface area contributed by atoms with Crippen LogP contribution in [-0.4, -0.2) is 35.1 Å². The first-order valence-electron chi connectivity index (χ1n) is 6.91. The van der Waals surface area contributed by atoms with Crippen LogP contribution in [-0.2, 0) is 0 Å². The molecule has 1 saturated heterocycles. The lowest BCUT2D eigenvalue weighted by Crippen LogP contribution is -2.58. The fraction of sp³-hybridized carbons (Fsp3) is 0.533. The Bertz CT molecular complexity index is 543. The topological polar surface area (TPSA) is 28.2 Å². The molecule has 4 heteroatoms. The molecule has 1 fully saturated rings. The zero-order valence-electron chi connectivity index (χ0n) is 11.8. The lowest BCUT2D eigenvalue weighted by molar-refractivity contribution is 0.0516. The molecule has 1 N–H and O–H groups in total. The third kappa shape index (κ3) is 2.40. The SMILES string of the molecule is CC(c1nc2ccccc2s1)N1CCNCC1(C)C. The van der Waals surface area contributed by atoms with Gasteiger partial charge in [0.2, 0.25) is 0 Å². The van der Waals surface area contributed by atoms with Crippen LogP contribution < -0.4 is 5.32 Å². The number of thiazole rings is 1. The molecule has 1 aromatic heterocycles. The highest BCUT2D eigenvalue weighted by molar-refractivity contribution is 7.18. The maximum absolute atomic E-state index is 4.81. The molecule has 1 unspecified atom stereocenters. The smallest absolute Gasteiger partial charge is 0.111 e. The van der Waals surface area contributed by atoms with Gasteiger partial charge in [-0.25, -0.2) is 4.98 Å². The standard InChI is InChI=1S/C15H21N3S/c1-11(18-9-8-16-10-15(18,2)3)14-17-12-6-4-5-7-13(12)19-14/h4-7,11,16H,8-10H2,1-3H3. The molecule has 1 atom stereocenters. The van der Waals surface area contributed by atoms with Crippen molar-refractivity contribution in [3.05, 3.63) is 29.3 Å². The van der Waals surface area contributed by atoms with Crippen LogP contribution in [0.4, 0.5) is 0 Å². The Morgan fingerprint density at radius 1 is 1.37 bits per heavy atom. The van der Waals surface area contributed by atoms with Crippen molar-refractivity contribution >= 4 is 21.6 Å². The van der Waals surface area contributed by atoms with Crippen molar-refractivity contribution in [2.45, 2.75) is 32.4 Å². The highest BCUT2D eigenvalue weighted by Gasteiger charge is 2.34. The quantitative estimate of drug-likeness (QED) is 0.913. The number of nitrogens with zero attached hydrogens (tertiary/aromatic N) is 2. The molecule has 3 nitrogen and oxygen atoms in total. The van der Waals surface area contributed by atoms with E-state index in [0.29, 0.717) is 6.04 Å². The fourth-order valence-electron chi connectivity index (χ4n) is 2.92. The summed E-state index contributed by atoms with van der Waals surface area (Å²) in [4.78, 5) is 7.38. The molecule has 19 heavy (non-hydrogen) atoms. The van der Waals surface area contributed by atoms with E-state index in [2.05, 4.69) is 55.3 Å². The molecule has 0 spiro atoms. The van der Waals surface area contributed by atoms with E-state index in [1.165, 1.54) is 9.71 Å². The molecule has 1 aromatic carbocycles. The zero-order chi connectivity index (χ0) is 13.5.